The molecule has 0 unspecified atom stereocenters. The van der Waals surface area contributed by atoms with Gasteiger partial charge in [0, 0.05) is 0 Å². The maximum atomic E-state index is 8.56. The number of hydrogen-bond donors (Lipinski definition) is 4. The molecule has 0 aromatic rings. The van der Waals surface area contributed by atoms with E-state index in [9.17, 15) is 0 Å². The molecule has 5 nitrogen and oxygen atoms in total. The van der Waals surface area contributed by atoms with Crippen molar-refractivity contribution in [1.29, 1.82) is 0 Å². The molecule has 6 heteroatoms. The van der Waals surface area contributed by atoms with Gasteiger partial charge in [-0.1, -0.05) is 0 Å². The van der Waals surface area contributed by atoms with Gasteiger partial charge in [0.2, 0.25) is 0 Å². The van der Waals surface area contributed by atoms with E-state index in [1.54, 1.807) is 0 Å². The average Bonchev–Trinajstić information content (AvgIpc) is 0.811. The summed E-state index contributed by atoms with van der Waals surface area (Å²) in [6.45, 7) is 0. The predicted molar refractivity (Wildman–Crippen MR) is 21.8 cm³/mol. The Hall–Kier alpha value is 0.190. The first-order valence-electron chi connectivity index (χ1n) is 0.651. The molecule has 0 amide bonds. The molecular formula is CH9N2NaO3. The Morgan fingerprint density at radius 1 is 1.29 bits per heavy atom. The molecule has 0 saturated heterocycles. The number of carboxylic acid groups (broad SMARTS) is 2. The van der Waals surface area contributed by atoms with Crippen LogP contribution >= 0.6 is 0 Å². The first-order valence-corrected chi connectivity index (χ1v) is 0.651. The van der Waals surface area contributed by atoms with Crippen molar-refractivity contribution >= 4 is 6.16 Å². The maximum absolute atomic E-state index is 8.56. The van der Waals surface area contributed by atoms with Crippen LogP contribution in [0.5, 0.6) is 0 Å². The molecule has 8 N–H and O–H groups in total. The standard InChI is InChI=1S/CH2O3.2H3N.Na.H/c2-1(3)4;;;;/h(H2,2,3,4);2*1H3;;/q;;;+1;-1. The summed E-state index contributed by atoms with van der Waals surface area (Å²) < 4.78 is 0. The van der Waals surface area contributed by atoms with Crippen LogP contribution in [0.2, 0.25) is 0 Å². The van der Waals surface area contributed by atoms with Gasteiger partial charge in [-0.05, 0) is 0 Å². The van der Waals surface area contributed by atoms with E-state index in [2.05, 4.69) is 0 Å². The Bertz CT molecular complexity index is 40.3. The summed E-state index contributed by atoms with van der Waals surface area (Å²) >= 11 is 0. The van der Waals surface area contributed by atoms with E-state index < -0.39 is 6.16 Å². The molecule has 0 radical (unpaired) electrons. The Balaban J connectivity index is -0.00000000750. The quantitative estimate of drug-likeness (QED) is 0.266. The van der Waals surface area contributed by atoms with Crippen LogP contribution in [0.15, 0.2) is 0 Å². The fraction of sp³-hybridized carbons (Fsp3) is 0. The van der Waals surface area contributed by atoms with Crippen LogP contribution in [0.3, 0.4) is 0 Å². The zero-order valence-corrected chi connectivity index (χ0v) is 6.22. The van der Waals surface area contributed by atoms with E-state index >= 15 is 0 Å². The normalized spacial score (nSPS) is 3.43. The molecule has 0 heterocycles. The van der Waals surface area contributed by atoms with Crippen LogP contribution < -0.4 is 41.9 Å². The molecule has 0 aliphatic heterocycles. The van der Waals surface area contributed by atoms with E-state index in [0.717, 1.165) is 0 Å². The summed E-state index contributed by atoms with van der Waals surface area (Å²) in [5.41, 5.74) is 0. The second-order valence-electron chi connectivity index (χ2n) is 0.283. The van der Waals surface area contributed by atoms with Gasteiger partial charge in [0.25, 0.3) is 0 Å². The maximum Gasteiger partial charge on any atom is 1.00 e. The zero-order chi connectivity index (χ0) is 3.58. The van der Waals surface area contributed by atoms with Gasteiger partial charge in [0.1, 0.15) is 0 Å². The molecule has 0 aromatic carbocycles. The van der Waals surface area contributed by atoms with E-state index in [4.69, 9.17) is 15.0 Å². The smallest absolute Gasteiger partial charge is 1.00 e. The van der Waals surface area contributed by atoms with E-state index in [1.807, 2.05) is 0 Å². The summed E-state index contributed by atoms with van der Waals surface area (Å²) in [5, 5.41) is 13.9. The van der Waals surface area contributed by atoms with Gasteiger partial charge in [-0.3, -0.25) is 0 Å². The second-order valence-corrected chi connectivity index (χ2v) is 0.283. The minimum Gasteiger partial charge on any atom is -1.00 e. The molecule has 42 valence electrons. The van der Waals surface area contributed by atoms with Gasteiger partial charge in [0.05, 0.1) is 0 Å². The Labute approximate surface area is 64.7 Å². The van der Waals surface area contributed by atoms with Crippen molar-refractivity contribution in [3.8, 4) is 0 Å². The number of hydrogen-bond acceptors (Lipinski definition) is 3. The molecule has 0 spiro atoms. The topological polar surface area (TPSA) is 128 Å². The molecule has 0 bridgehead atoms. The minimum absolute atomic E-state index is 0. The van der Waals surface area contributed by atoms with Crippen molar-refractivity contribution in [2.24, 2.45) is 0 Å². The van der Waals surface area contributed by atoms with E-state index in [1.165, 1.54) is 0 Å². The molecule has 0 fully saturated rings. The third kappa shape index (κ3) is 3010. The Kier molecular flexibility index (Phi) is 63.4. The summed E-state index contributed by atoms with van der Waals surface area (Å²) in [6.07, 6.45) is -1.83. The van der Waals surface area contributed by atoms with Crippen LogP contribution in [0.4, 0.5) is 4.79 Å². The van der Waals surface area contributed by atoms with Gasteiger partial charge < -0.3 is 23.9 Å². The fourth-order valence-corrected chi connectivity index (χ4v) is 0. The monoisotopic (exact) mass is 120 g/mol. The Morgan fingerprint density at radius 2 is 1.29 bits per heavy atom. The second kappa shape index (κ2) is 16.4. The summed E-state index contributed by atoms with van der Waals surface area (Å²) in [6, 6.07) is 0. The van der Waals surface area contributed by atoms with E-state index in [-0.39, 0.29) is 43.3 Å². The van der Waals surface area contributed by atoms with Gasteiger partial charge in [-0.15, -0.1) is 0 Å². The predicted octanol–water partition coefficient (Wildman–Crippen LogP) is -2.34. The summed E-state index contributed by atoms with van der Waals surface area (Å²) in [7, 11) is 0. The number of carbonyl (C=O) groups is 1. The van der Waals surface area contributed by atoms with Crippen molar-refractivity contribution in [3.05, 3.63) is 0 Å². The minimum atomic E-state index is -1.83. The van der Waals surface area contributed by atoms with Crippen LogP contribution in [0.1, 0.15) is 1.43 Å². The van der Waals surface area contributed by atoms with Crippen LogP contribution in [0, 0.1) is 0 Å². The molecule has 0 aliphatic carbocycles. The van der Waals surface area contributed by atoms with Gasteiger partial charge in [-0.2, -0.15) is 0 Å². The van der Waals surface area contributed by atoms with Crippen molar-refractivity contribution < 1.29 is 46.0 Å². The molecule has 0 rings (SSSR count). The average molecular weight is 120 g/mol. The summed E-state index contributed by atoms with van der Waals surface area (Å²) in [5.74, 6) is 0. The fourth-order valence-electron chi connectivity index (χ4n) is 0. The third-order valence-electron chi connectivity index (χ3n) is 0. The van der Waals surface area contributed by atoms with Crippen LogP contribution in [-0.2, 0) is 0 Å². The molecule has 0 atom stereocenters. The summed E-state index contributed by atoms with van der Waals surface area (Å²) in [4.78, 5) is 8.56. The Morgan fingerprint density at radius 3 is 1.29 bits per heavy atom. The molecule has 0 aromatic heterocycles. The van der Waals surface area contributed by atoms with Crippen molar-refractivity contribution in [1.82, 2.24) is 12.3 Å². The van der Waals surface area contributed by atoms with Crippen LogP contribution in [0.25, 0.3) is 0 Å². The molecule has 7 heavy (non-hydrogen) atoms. The first-order chi connectivity index (χ1) is 1.73. The zero-order valence-electron chi connectivity index (χ0n) is 5.22. The number of rotatable bonds is 0. The van der Waals surface area contributed by atoms with Crippen LogP contribution in [-0.4, -0.2) is 16.4 Å². The van der Waals surface area contributed by atoms with Gasteiger partial charge >= 0.3 is 35.7 Å². The first kappa shape index (κ1) is 27.1. The largest absolute Gasteiger partial charge is 1.00 e. The van der Waals surface area contributed by atoms with E-state index in [0.29, 0.717) is 0 Å². The molecule has 0 aliphatic rings. The molecular weight excluding hydrogens is 111 g/mol. The van der Waals surface area contributed by atoms with Crippen molar-refractivity contribution in [2.75, 3.05) is 0 Å². The van der Waals surface area contributed by atoms with Crippen molar-refractivity contribution in [2.45, 2.75) is 0 Å². The SMILES string of the molecule is N.N.O=C(O)O.[H-].[Na+]. The van der Waals surface area contributed by atoms with Gasteiger partial charge in [0.15, 0.2) is 0 Å². The van der Waals surface area contributed by atoms with Crippen molar-refractivity contribution in [3.63, 3.8) is 0 Å². The molecule has 0 saturated carbocycles. The van der Waals surface area contributed by atoms with Gasteiger partial charge in [-0.25, -0.2) is 4.79 Å². The third-order valence-corrected chi connectivity index (χ3v) is 0.